The van der Waals surface area contributed by atoms with E-state index in [4.69, 9.17) is 0 Å². The van der Waals surface area contributed by atoms with E-state index in [0.29, 0.717) is 12.1 Å². The smallest absolute Gasteiger partial charge is 0.266 e. The van der Waals surface area contributed by atoms with E-state index in [1.165, 1.54) is 18.2 Å². The first-order chi connectivity index (χ1) is 13.7. The van der Waals surface area contributed by atoms with Gasteiger partial charge in [0.15, 0.2) is 9.84 Å². The monoisotopic (exact) mass is 412 g/mol. The Morgan fingerprint density at radius 3 is 2.45 bits per heavy atom. The summed E-state index contributed by atoms with van der Waals surface area (Å²) in [7, 11) is -3.11. The van der Waals surface area contributed by atoms with Crippen LogP contribution in [-0.4, -0.2) is 43.7 Å². The summed E-state index contributed by atoms with van der Waals surface area (Å²) in [5.41, 5.74) is 2.88. The van der Waals surface area contributed by atoms with E-state index in [2.05, 4.69) is 5.32 Å². The number of hydrogen-bond acceptors (Lipinski definition) is 5. The number of sulfone groups is 1. The van der Waals surface area contributed by atoms with Crippen molar-refractivity contribution < 1.29 is 22.8 Å². The number of anilines is 1. The maximum absolute atomic E-state index is 13.0. The molecule has 29 heavy (non-hydrogen) atoms. The number of rotatable bonds is 3. The fourth-order valence-electron chi connectivity index (χ4n) is 3.74. The highest BCUT2D eigenvalue weighted by molar-refractivity contribution is 7.91. The van der Waals surface area contributed by atoms with Gasteiger partial charge in [0.05, 0.1) is 28.3 Å². The van der Waals surface area contributed by atoms with Gasteiger partial charge in [-0.05, 0) is 55.7 Å². The van der Waals surface area contributed by atoms with Crippen molar-refractivity contribution in [1.29, 1.82) is 0 Å². The van der Waals surface area contributed by atoms with Crippen LogP contribution < -0.4 is 10.2 Å². The zero-order chi connectivity index (χ0) is 20.9. The standard InChI is InChI=1S/C21H20N2O5S/c1-12-3-4-13(2)18(9-12)23-20(25)16-6-5-14(10-17(16)21(23)26)19(24)22-15-7-8-29(27,28)11-15/h3-6,9-10,15H,7-8,11H2,1-2H3,(H,22,24). The topological polar surface area (TPSA) is 101 Å². The van der Waals surface area contributed by atoms with Gasteiger partial charge in [0.25, 0.3) is 17.7 Å². The normalized spacial score (nSPS) is 20.1. The predicted molar refractivity (Wildman–Crippen MR) is 108 cm³/mol. The van der Waals surface area contributed by atoms with Gasteiger partial charge in [0.2, 0.25) is 0 Å². The molecule has 1 fully saturated rings. The third kappa shape index (κ3) is 3.44. The Kier molecular flexibility index (Phi) is 4.53. The summed E-state index contributed by atoms with van der Waals surface area (Å²) in [6.45, 7) is 3.71. The van der Waals surface area contributed by atoms with Crippen molar-refractivity contribution in [2.24, 2.45) is 0 Å². The molecule has 0 spiro atoms. The second-order valence-corrected chi connectivity index (χ2v) is 9.80. The SMILES string of the molecule is Cc1ccc(C)c(N2C(=O)c3ccc(C(=O)NC4CCS(=O)(=O)C4)cc3C2=O)c1. The first-order valence-corrected chi connectivity index (χ1v) is 11.1. The summed E-state index contributed by atoms with van der Waals surface area (Å²) in [5, 5.41) is 2.70. The van der Waals surface area contributed by atoms with Crippen LogP contribution in [0.2, 0.25) is 0 Å². The van der Waals surface area contributed by atoms with E-state index >= 15 is 0 Å². The fourth-order valence-corrected chi connectivity index (χ4v) is 5.41. The average Bonchev–Trinajstić information content (AvgIpc) is 3.13. The number of aryl methyl sites for hydroxylation is 2. The number of amides is 3. The molecule has 1 N–H and O–H groups in total. The summed E-state index contributed by atoms with van der Waals surface area (Å²) < 4.78 is 23.1. The molecular formula is C21H20N2O5S. The molecule has 4 rings (SSSR count). The van der Waals surface area contributed by atoms with Gasteiger partial charge in [-0.1, -0.05) is 12.1 Å². The maximum Gasteiger partial charge on any atom is 0.266 e. The Balaban J connectivity index is 1.62. The third-order valence-electron chi connectivity index (χ3n) is 5.32. The molecule has 2 aromatic rings. The van der Waals surface area contributed by atoms with Crippen molar-refractivity contribution in [3.63, 3.8) is 0 Å². The molecule has 0 bridgehead atoms. The Hall–Kier alpha value is -3.00. The van der Waals surface area contributed by atoms with Crippen LogP contribution in [0.15, 0.2) is 36.4 Å². The highest BCUT2D eigenvalue weighted by atomic mass is 32.2. The number of carbonyl (C=O) groups is 3. The summed E-state index contributed by atoms with van der Waals surface area (Å²) in [5.74, 6) is -1.38. The molecule has 2 aliphatic heterocycles. The highest BCUT2D eigenvalue weighted by Gasteiger charge is 2.38. The van der Waals surface area contributed by atoms with E-state index < -0.39 is 33.6 Å². The first kappa shape index (κ1) is 19.3. The van der Waals surface area contributed by atoms with Gasteiger partial charge in [-0.25, -0.2) is 13.3 Å². The van der Waals surface area contributed by atoms with Gasteiger partial charge in [0.1, 0.15) is 0 Å². The zero-order valence-electron chi connectivity index (χ0n) is 16.1. The number of nitrogens with one attached hydrogen (secondary N) is 1. The Labute approximate surface area is 168 Å². The highest BCUT2D eigenvalue weighted by Crippen LogP contribution is 2.31. The molecule has 0 radical (unpaired) electrons. The molecule has 3 amide bonds. The molecule has 1 saturated heterocycles. The predicted octanol–water partition coefficient (Wildman–Crippen LogP) is 2.02. The molecule has 1 atom stereocenters. The third-order valence-corrected chi connectivity index (χ3v) is 7.09. The first-order valence-electron chi connectivity index (χ1n) is 9.28. The average molecular weight is 412 g/mol. The van der Waals surface area contributed by atoms with Crippen LogP contribution in [0.1, 0.15) is 48.6 Å². The number of carbonyl (C=O) groups excluding carboxylic acids is 3. The van der Waals surface area contributed by atoms with Crippen molar-refractivity contribution in [2.45, 2.75) is 26.3 Å². The minimum Gasteiger partial charge on any atom is -0.348 e. The van der Waals surface area contributed by atoms with E-state index in [0.717, 1.165) is 16.0 Å². The minimum atomic E-state index is -3.11. The van der Waals surface area contributed by atoms with Crippen molar-refractivity contribution >= 4 is 33.2 Å². The molecule has 0 aliphatic carbocycles. The van der Waals surface area contributed by atoms with E-state index in [1.54, 1.807) is 6.07 Å². The fraction of sp³-hybridized carbons (Fsp3) is 0.286. The molecule has 2 heterocycles. The van der Waals surface area contributed by atoms with E-state index in [9.17, 15) is 22.8 Å². The lowest BCUT2D eigenvalue weighted by Crippen LogP contribution is -2.35. The van der Waals surface area contributed by atoms with Crippen molar-refractivity contribution in [3.8, 4) is 0 Å². The van der Waals surface area contributed by atoms with Gasteiger partial charge in [-0.3, -0.25) is 14.4 Å². The van der Waals surface area contributed by atoms with Crippen LogP contribution in [0.3, 0.4) is 0 Å². The van der Waals surface area contributed by atoms with E-state index in [-0.39, 0.29) is 28.2 Å². The lowest BCUT2D eigenvalue weighted by molar-refractivity contribution is 0.0921. The quantitative estimate of drug-likeness (QED) is 0.778. The second kappa shape index (κ2) is 6.81. The Morgan fingerprint density at radius 1 is 1.03 bits per heavy atom. The van der Waals surface area contributed by atoms with Crippen molar-refractivity contribution in [2.75, 3.05) is 16.4 Å². The number of nitrogens with zero attached hydrogens (tertiary/aromatic N) is 1. The van der Waals surface area contributed by atoms with Crippen molar-refractivity contribution in [3.05, 3.63) is 64.2 Å². The van der Waals surface area contributed by atoms with Crippen LogP contribution in [0.25, 0.3) is 0 Å². The van der Waals surface area contributed by atoms with Crippen LogP contribution >= 0.6 is 0 Å². The summed E-state index contributed by atoms with van der Waals surface area (Å²) in [6.07, 6.45) is 0.372. The summed E-state index contributed by atoms with van der Waals surface area (Å²) >= 11 is 0. The van der Waals surface area contributed by atoms with Gasteiger partial charge in [-0.15, -0.1) is 0 Å². The largest absolute Gasteiger partial charge is 0.348 e. The number of imide groups is 1. The van der Waals surface area contributed by atoms with Gasteiger partial charge >= 0.3 is 0 Å². The molecule has 2 aliphatic rings. The minimum absolute atomic E-state index is 0.0555. The molecule has 7 nitrogen and oxygen atoms in total. The molecule has 150 valence electrons. The number of hydrogen-bond donors (Lipinski definition) is 1. The molecule has 1 unspecified atom stereocenters. The van der Waals surface area contributed by atoms with Gasteiger partial charge < -0.3 is 5.32 Å². The van der Waals surface area contributed by atoms with Crippen molar-refractivity contribution in [1.82, 2.24) is 5.32 Å². The molecular weight excluding hydrogens is 392 g/mol. The Bertz CT molecular complexity index is 1170. The van der Waals surface area contributed by atoms with Crippen LogP contribution in [0.5, 0.6) is 0 Å². The summed E-state index contributed by atoms with van der Waals surface area (Å²) in [4.78, 5) is 39.5. The van der Waals surface area contributed by atoms with Crippen LogP contribution in [0.4, 0.5) is 5.69 Å². The maximum atomic E-state index is 13.0. The lowest BCUT2D eigenvalue weighted by Gasteiger charge is -2.17. The molecule has 2 aromatic carbocycles. The number of fused-ring (bicyclic) bond motifs is 1. The second-order valence-electron chi connectivity index (χ2n) is 7.57. The van der Waals surface area contributed by atoms with E-state index in [1.807, 2.05) is 26.0 Å². The molecule has 8 heteroatoms. The van der Waals surface area contributed by atoms with Gasteiger partial charge in [-0.2, -0.15) is 0 Å². The Morgan fingerprint density at radius 2 is 1.76 bits per heavy atom. The number of benzene rings is 2. The van der Waals surface area contributed by atoms with Gasteiger partial charge in [0, 0.05) is 11.6 Å². The lowest BCUT2D eigenvalue weighted by atomic mass is 10.0. The summed E-state index contributed by atoms with van der Waals surface area (Å²) in [6, 6.07) is 9.46. The molecule has 0 saturated carbocycles. The van der Waals surface area contributed by atoms with Crippen LogP contribution in [-0.2, 0) is 9.84 Å². The molecule has 0 aromatic heterocycles. The van der Waals surface area contributed by atoms with Crippen LogP contribution in [0, 0.1) is 13.8 Å². The zero-order valence-corrected chi connectivity index (χ0v) is 16.9.